The zero-order valence-corrected chi connectivity index (χ0v) is 10.6. The van der Waals surface area contributed by atoms with Crippen LogP contribution in [0, 0.1) is 0 Å². The van der Waals surface area contributed by atoms with Crippen LogP contribution in [-0.2, 0) is 19.4 Å². The highest BCUT2D eigenvalue weighted by molar-refractivity contribution is 7.91. The van der Waals surface area contributed by atoms with E-state index >= 15 is 0 Å². The summed E-state index contributed by atoms with van der Waals surface area (Å²) < 4.78 is 22.3. The number of amides is 1. The number of sulfone groups is 1. The Bertz CT molecular complexity index is 405. The zero-order valence-electron chi connectivity index (χ0n) is 9.81. The average molecular weight is 262 g/mol. The quantitative estimate of drug-likeness (QED) is 0.617. The van der Waals surface area contributed by atoms with Gasteiger partial charge in [0.2, 0.25) is 5.78 Å². The number of nitrogens with two attached hydrogens (primary N) is 1. The van der Waals surface area contributed by atoms with Crippen LogP contribution in [0.25, 0.3) is 0 Å². The molecule has 1 fully saturated rings. The fourth-order valence-corrected chi connectivity index (χ4v) is 3.45. The molecular weight excluding hydrogens is 244 g/mol. The van der Waals surface area contributed by atoms with Crippen LogP contribution in [-0.4, -0.2) is 43.7 Å². The molecule has 0 saturated carbocycles. The van der Waals surface area contributed by atoms with Crippen LogP contribution in [0.3, 0.4) is 0 Å². The van der Waals surface area contributed by atoms with Crippen molar-refractivity contribution >= 4 is 21.5 Å². The fraction of sp³-hybridized carbons (Fsp3) is 0.800. The van der Waals surface area contributed by atoms with E-state index < -0.39 is 33.6 Å². The molecule has 1 aliphatic rings. The third-order valence-electron chi connectivity index (χ3n) is 2.73. The summed E-state index contributed by atoms with van der Waals surface area (Å²) in [7, 11) is -3.05. The van der Waals surface area contributed by atoms with E-state index in [4.69, 9.17) is 5.73 Å². The third-order valence-corrected chi connectivity index (χ3v) is 4.50. The van der Waals surface area contributed by atoms with Gasteiger partial charge in [-0.15, -0.1) is 0 Å². The molecule has 17 heavy (non-hydrogen) atoms. The van der Waals surface area contributed by atoms with Crippen LogP contribution in [0.15, 0.2) is 0 Å². The lowest BCUT2D eigenvalue weighted by Crippen LogP contribution is -2.46. The number of carbonyl (C=O) groups is 2. The second-order valence-corrected chi connectivity index (χ2v) is 6.56. The van der Waals surface area contributed by atoms with Crippen molar-refractivity contribution in [2.24, 2.45) is 5.73 Å². The van der Waals surface area contributed by atoms with Crippen LogP contribution in [0.2, 0.25) is 0 Å². The Morgan fingerprint density at radius 1 is 1.47 bits per heavy atom. The number of nitrogens with one attached hydrogen (secondary N) is 1. The Morgan fingerprint density at radius 2 is 2.12 bits per heavy atom. The van der Waals surface area contributed by atoms with Crippen molar-refractivity contribution in [3.05, 3.63) is 0 Å². The molecule has 3 N–H and O–H groups in total. The van der Waals surface area contributed by atoms with Gasteiger partial charge in [0, 0.05) is 6.04 Å². The summed E-state index contributed by atoms with van der Waals surface area (Å²) in [5.41, 5.74) is 5.53. The summed E-state index contributed by atoms with van der Waals surface area (Å²) >= 11 is 0. The first kappa shape index (κ1) is 14.1. The topological polar surface area (TPSA) is 106 Å². The van der Waals surface area contributed by atoms with Crippen LogP contribution in [0.4, 0.5) is 0 Å². The number of hydrogen-bond donors (Lipinski definition) is 2. The summed E-state index contributed by atoms with van der Waals surface area (Å²) in [6, 6.07) is -1.25. The Hall–Kier alpha value is -0.950. The first-order valence-electron chi connectivity index (χ1n) is 5.66. The molecule has 1 amide bonds. The molecule has 0 aromatic heterocycles. The molecule has 1 heterocycles. The van der Waals surface area contributed by atoms with Gasteiger partial charge in [-0.25, -0.2) is 8.42 Å². The predicted molar refractivity (Wildman–Crippen MR) is 63.1 cm³/mol. The molecule has 0 aromatic carbocycles. The molecule has 0 radical (unpaired) electrons. The molecule has 6 nitrogen and oxygen atoms in total. The minimum Gasteiger partial charge on any atom is -0.346 e. The van der Waals surface area contributed by atoms with Gasteiger partial charge in [0.15, 0.2) is 9.84 Å². The summed E-state index contributed by atoms with van der Waals surface area (Å²) in [6.45, 7) is 1.87. The minimum absolute atomic E-state index is 0.0626. The Morgan fingerprint density at radius 3 is 2.59 bits per heavy atom. The van der Waals surface area contributed by atoms with Crippen molar-refractivity contribution in [3.63, 3.8) is 0 Å². The smallest absolute Gasteiger partial charge is 0.289 e. The highest BCUT2D eigenvalue weighted by Crippen LogP contribution is 2.11. The lowest BCUT2D eigenvalue weighted by molar-refractivity contribution is -0.139. The average Bonchev–Trinajstić information content (AvgIpc) is 2.57. The highest BCUT2D eigenvalue weighted by atomic mass is 32.2. The lowest BCUT2D eigenvalue weighted by Gasteiger charge is -2.12. The van der Waals surface area contributed by atoms with E-state index in [1.807, 2.05) is 6.92 Å². The Kier molecular flexibility index (Phi) is 4.64. The van der Waals surface area contributed by atoms with Gasteiger partial charge in [-0.05, 0) is 12.8 Å². The van der Waals surface area contributed by atoms with Gasteiger partial charge in [0.1, 0.15) is 0 Å². The number of ketones is 1. The molecule has 0 aromatic rings. The molecule has 0 spiro atoms. The van der Waals surface area contributed by atoms with Crippen molar-refractivity contribution in [3.8, 4) is 0 Å². The summed E-state index contributed by atoms with van der Waals surface area (Å²) in [4.78, 5) is 23.0. The van der Waals surface area contributed by atoms with E-state index in [9.17, 15) is 18.0 Å². The monoisotopic (exact) mass is 262 g/mol. The van der Waals surface area contributed by atoms with Crippen LogP contribution < -0.4 is 11.1 Å². The first-order chi connectivity index (χ1) is 7.85. The first-order valence-corrected chi connectivity index (χ1v) is 7.48. The van der Waals surface area contributed by atoms with E-state index in [0.29, 0.717) is 12.8 Å². The van der Waals surface area contributed by atoms with Crippen molar-refractivity contribution < 1.29 is 18.0 Å². The molecule has 2 atom stereocenters. The van der Waals surface area contributed by atoms with Crippen molar-refractivity contribution in [2.75, 3.05) is 11.5 Å². The molecule has 98 valence electrons. The number of hydrogen-bond acceptors (Lipinski definition) is 5. The maximum Gasteiger partial charge on any atom is 0.289 e. The van der Waals surface area contributed by atoms with Crippen LogP contribution in [0.5, 0.6) is 0 Å². The lowest BCUT2D eigenvalue weighted by atomic mass is 10.1. The van der Waals surface area contributed by atoms with Gasteiger partial charge in [0.25, 0.3) is 5.91 Å². The molecule has 7 heteroatoms. The van der Waals surface area contributed by atoms with E-state index in [-0.39, 0.29) is 11.5 Å². The van der Waals surface area contributed by atoms with E-state index in [2.05, 4.69) is 5.32 Å². The SMILES string of the molecule is CCCC(N)C(=O)C(=O)NC1CCS(=O)(=O)C1. The maximum absolute atomic E-state index is 11.5. The molecule has 0 aliphatic carbocycles. The number of rotatable bonds is 5. The van der Waals surface area contributed by atoms with E-state index in [1.54, 1.807) is 0 Å². The summed E-state index contributed by atoms with van der Waals surface area (Å²) in [5.74, 6) is -1.47. The Balaban J connectivity index is 2.47. The largest absolute Gasteiger partial charge is 0.346 e. The van der Waals surface area contributed by atoms with Crippen LogP contribution in [0.1, 0.15) is 26.2 Å². The van der Waals surface area contributed by atoms with Gasteiger partial charge in [-0.3, -0.25) is 9.59 Å². The number of carbonyl (C=O) groups excluding carboxylic acids is 2. The molecule has 1 rings (SSSR count). The summed E-state index contributed by atoms with van der Waals surface area (Å²) in [5, 5.41) is 2.43. The second kappa shape index (κ2) is 5.59. The van der Waals surface area contributed by atoms with Gasteiger partial charge < -0.3 is 11.1 Å². The Labute approximate surface area is 101 Å². The predicted octanol–water partition coefficient (Wildman–Crippen LogP) is -1.01. The van der Waals surface area contributed by atoms with Crippen molar-refractivity contribution in [2.45, 2.75) is 38.3 Å². The standard InChI is InChI=1S/C10H18N2O4S/c1-2-3-8(11)9(13)10(14)12-7-4-5-17(15,16)6-7/h7-8H,2-6,11H2,1H3,(H,12,14). The fourth-order valence-electron chi connectivity index (χ4n) is 1.78. The minimum atomic E-state index is -3.05. The zero-order chi connectivity index (χ0) is 13.1. The van der Waals surface area contributed by atoms with E-state index in [1.165, 1.54) is 0 Å². The number of Topliss-reactive ketones (excluding diaryl/α,β-unsaturated/α-hetero) is 1. The molecule has 1 aliphatic heterocycles. The second-order valence-electron chi connectivity index (χ2n) is 4.33. The van der Waals surface area contributed by atoms with E-state index in [0.717, 1.165) is 6.42 Å². The summed E-state index contributed by atoms with van der Waals surface area (Å²) in [6.07, 6.45) is 1.54. The molecule has 0 bridgehead atoms. The maximum atomic E-state index is 11.5. The molecular formula is C10H18N2O4S. The van der Waals surface area contributed by atoms with Gasteiger partial charge in [0.05, 0.1) is 17.5 Å². The third kappa shape index (κ3) is 4.08. The molecule has 1 saturated heterocycles. The van der Waals surface area contributed by atoms with Gasteiger partial charge >= 0.3 is 0 Å². The van der Waals surface area contributed by atoms with Gasteiger partial charge in [-0.1, -0.05) is 13.3 Å². The van der Waals surface area contributed by atoms with Crippen molar-refractivity contribution in [1.29, 1.82) is 0 Å². The van der Waals surface area contributed by atoms with Gasteiger partial charge in [-0.2, -0.15) is 0 Å². The highest BCUT2D eigenvalue weighted by Gasteiger charge is 2.31. The van der Waals surface area contributed by atoms with Crippen molar-refractivity contribution in [1.82, 2.24) is 5.32 Å². The van der Waals surface area contributed by atoms with Crippen LogP contribution >= 0.6 is 0 Å². The normalized spacial score (nSPS) is 24.2. The molecule has 2 unspecified atom stereocenters.